The molecule has 2 nitrogen and oxygen atoms in total. The zero-order valence-electron chi connectivity index (χ0n) is 10.7. The Morgan fingerprint density at radius 3 is 2.88 bits per heavy atom. The van der Waals surface area contributed by atoms with E-state index in [1.807, 2.05) is 24.6 Å². The van der Waals surface area contributed by atoms with Crippen molar-refractivity contribution in [2.45, 2.75) is 48.6 Å². The molecule has 3 atom stereocenters. The van der Waals surface area contributed by atoms with Gasteiger partial charge >= 0.3 is 0 Å². The normalized spacial score (nSPS) is 30.1. The molecule has 0 saturated heterocycles. The van der Waals surface area contributed by atoms with Crippen molar-refractivity contribution in [3.05, 3.63) is 17.5 Å². The lowest BCUT2D eigenvalue weighted by Crippen LogP contribution is -2.46. The molecule has 1 aromatic heterocycles. The highest BCUT2D eigenvalue weighted by Gasteiger charge is 2.38. The van der Waals surface area contributed by atoms with Crippen LogP contribution in [0.5, 0.6) is 0 Å². The van der Waals surface area contributed by atoms with Crippen molar-refractivity contribution < 1.29 is 4.21 Å². The zero-order chi connectivity index (χ0) is 12.5. The average molecular weight is 271 g/mol. The molecule has 2 rings (SSSR count). The highest BCUT2D eigenvalue weighted by Crippen LogP contribution is 2.39. The van der Waals surface area contributed by atoms with Gasteiger partial charge in [0.05, 0.1) is 20.3 Å². The molecule has 0 aromatic carbocycles. The SMILES string of the molecule is CNC1CCC(C)(C)CC1S(=O)c1cccs1. The van der Waals surface area contributed by atoms with E-state index in [-0.39, 0.29) is 5.25 Å². The second-order valence-electron chi connectivity index (χ2n) is 5.57. The summed E-state index contributed by atoms with van der Waals surface area (Å²) in [6.07, 6.45) is 3.39. The maximum atomic E-state index is 12.6. The highest BCUT2D eigenvalue weighted by atomic mass is 32.2. The topological polar surface area (TPSA) is 29.1 Å². The molecule has 3 unspecified atom stereocenters. The third-order valence-corrected chi connectivity index (χ3v) is 6.69. The van der Waals surface area contributed by atoms with E-state index in [2.05, 4.69) is 19.2 Å². The van der Waals surface area contributed by atoms with E-state index in [4.69, 9.17) is 0 Å². The molecular weight excluding hydrogens is 250 g/mol. The maximum absolute atomic E-state index is 12.6. The Morgan fingerprint density at radius 1 is 1.53 bits per heavy atom. The maximum Gasteiger partial charge on any atom is 0.0914 e. The van der Waals surface area contributed by atoms with Gasteiger partial charge in [-0.2, -0.15) is 0 Å². The van der Waals surface area contributed by atoms with Crippen LogP contribution in [0.2, 0.25) is 0 Å². The number of hydrogen-bond acceptors (Lipinski definition) is 3. The molecule has 1 aliphatic rings. The molecule has 0 radical (unpaired) electrons. The van der Waals surface area contributed by atoms with Crippen LogP contribution in [0.3, 0.4) is 0 Å². The van der Waals surface area contributed by atoms with E-state index in [0.717, 1.165) is 17.1 Å². The molecule has 1 heterocycles. The quantitative estimate of drug-likeness (QED) is 0.915. The summed E-state index contributed by atoms with van der Waals surface area (Å²) in [5, 5.41) is 5.61. The smallest absolute Gasteiger partial charge is 0.0914 e. The minimum Gasteiger partial charge on any atom is -0.316 e. The lowest BCUT2D eigenvalue weighted by atomic mass is 9.75. The van der Waals surface area contributed by atoms with Crippen LogP contribution < -0.4 is 5.32 Å². The molecule has 0 bridgehead atoms. The van der Waals surface area contributed by atoms with Crippen molar-refractivity contribution in [2.75, 3.05) is 7.05 Å². The van der Waals surface area contributed by atoms with Crippen LogP contribution in [0.25, 0.3) is 0 Å². The van der Waals surface area contributed by atoms with Crippen molar-refractivity contribution in [3.8, 4) is 0 Å². The lowest BCUT2D eigenvalue weighted by molar-refractivity contribution is 0.216. The summed E-state index contributed by atoms with van der Waals surface area (Å²) in [5.41, 5.74) is 0.324. The van der Waals surface area contributed by atoms with Gasteiger partial charge in [0.1, 0.15) is 0 Å². The van der Waals surface area contributed by atoms with Crippen molar-refractivity contribution in [1.29, 1.82) is 0 Å². The first-order valence-corrected chi connectivity index (χ1v) is 8.24. The first-order valence-electron chi connectivity index (χ1n) is 6.15. The highest BCUT2D eigenvalue weighted by molar-refractivity contribution is 7.88. The standard InChI is InChI=1S/C13H21NOS2/c1-13(2)7-6-10(14-3)11(9-13)17(15)12-5-4-8-16-12/h4-5,8,10-11,14H,6-7,9H2,1-3H3. The zero-order valence-corrected chi connectivity index (χ0v) is 12.4. The Labute approximate surface area is 110 Å². The van der Waals surface area contributed by atoms with Gasteiger partial charge in [0.2, 0.25) is 0 Å². The van der Waals surface area contributed by atoms with E-state index in [1.165, 1.54) is 6.42 Å². The summed E-state index contributed by atoms with van der Waals surface area (Å²) >= 11 is 1.61. The fraction of sp³-hybridized carbons (Fsp3) is 0.692. The molecule has 1 saturated carbocycles. The van der Waals surface area contributed by atoms with E-state index in [9.17, 15) is 4.21 Å². The summed E-state index contributed by atoms with van der Waals surface area (Å²) in [5.74, 6) is 0. The Morgan fingerprint density at radius 2 is 2.29 bits per heavy atom. The molecule has 4 heteroatoms. The van der Waals surface area contributed by atoms with Gasteiger partial charge in [-0.15, -0.1) is 11.3 Å². The van der Waals surface area contributed by atoms with Crippen molar-refractivity contribution in [3.63, 3.8) is 0 Å². The molecule has 0 spiro atoms. The molecule has 0 amide bonds. The van der Waals surface area contributed by atoms with E-state index < -0.39 is 10.8 Å². The Balaban J connectivity index is 2.18. The minimum absolute atomic E-state index is 0.252. The van der Waals surface area contributed by atoms with E-state index >= 15 is 0 Å². The van der Waals surface area contributed by atoms with Crippen LogP contribution in [0.4, 0.5) is 0 Å². The number of thiophene rings is 1. The van der Waals surface area contributed by atoms with E-state index in [0.29, 0.717) is 11.5 Å². The predicted octanol–water partition coefficient (Wildman–Crippen LogP) is 3.02. The summed E-state index contributed by atoms with van der Waals surface area (Å²) in [6, 6.07) is 4.38. The third-order valence-electron chi connectivity index (χ3n) is 3.67. The molecule has 1 aliphatic carbocycles. The van der Waals surface area contributed by atoms with Crippen LogP contribution in [0.1, 0.15) is 33.1 Å². The van der Waals surface area contributed by atoms with Crippen LogP contribution in [0.15, 0.2) is 21.7 Å². The van der Waals surface area contributed by atoms with Crippen molar-refractivity contribution >= 4 is 22.1 Å². The fourth-order valence-electron chi connectivity index (χ4n) is 2.60. The monoisotopic (exact) mass is 271 g/mol. The first kappa shape index (κ1) is 13.2. The summed E-state index contributed by atoms with van der Waals surface area (Å²) in [6.45, 7) is 4.58. The largest absolute Gasteiger partial charge is 0.316 e. The molecule has 1 fully saturated rings. The molecule has 96 valence electrons. The Hall–Kier alpha value is -0.190. The van der Waals surface area contributed by atoms with Gasteiger partial charge < -0.3 is 5.32 Å². The van der Waals surface area contributed by atoms with Crippen LogP contribution in [0, 0.1) is 5.41 Å². The van der Waals surface area contributed by atoms with E-state index in [1.54, 1.807) is 11.3 Å². The second-order valence-corrected chi connectivity index (χ2v) is 8.42. The van der Waals surface area contributed by atoms with Crippen LogP contribution >= 0.6 is 11.3 Å². The van der Waals surface area contributed by atoms with Crippen molar-refractivity contribution in [2.24, 2.45) is 5.41 Å². The lowest BCUT2D eigenvalue weighted by Gasteiger charge is -2.39. The van der Waals surface area contributed by atoms with Gasteiger partial charge in [0.15, 0.2) is 0 Å². The van der Waals surface area contributed by atoms with Crippen LogP contribution in [-0.4, -0.2) is 22.5 Å². The molecule has 0 aliphatic heterocycles. The molecule has 17 heavy (non-hydrogen) atoms. The van der Waals surface area contributed by atoms with Gasteiger partial charge in [-0.25, -0.2) is 0 Å². The predicted molar refractivity (Wildman–Crippen MR) is 75.0 cm³/mol. The Bertz CT molecular complexity index is 386. The summed E-state index contributed by atoms with van der Waals surface area (Å²) in [7, 11) is 1.13. The molecule has 1 N–H and O–H groups in total. The fourth-order valence-corrected chi connectivity index (χ4v) is 5.65. The van der Waals surface area contributed by atoms with Gasteiger partial charge in [-0.3, -0.25) is 4.21 Å². The van der Waals surface area contributed by atoms with Gasteiger partial charge in [0.25, 0.3) is 0 Å². The minimum atomic E-state index is -0.859. The number of hydrogen-bond donors (Lipinski definition) is 1. The van der Waals surface area contributed by atoms with Gasteiger partial charge in [-0.1, -0.05) is 19.9 Å². The molecule has 1 aromatic rings. The average Bonchev–Trinajstić information content (AvgIpc) is 2.80. The third kappa shape index (κ3) is 2.98. The van der Waals surface area contributed by atoms with Crippen molar-refractivity contribution in [1.82, 2.24) is 5.32 Å². The summed E-state index contributed by atoms with van der Waals surface area (Å²) in [4.78, 5) is 0. The number of nitrogens with one attached hydrogen (secondary N) is 1. The number of rotatable bonds is 3. The first-order chi connectivity index (χ1) is 8.03. The van der Waals surface area contributed by atoms with Crippen LogP contribution in [-0.2, 0) is 10.8 Å². The van der Waals surface area contributed by atoms with Gasteiger partial charge in [0, 0.05) is 6.04 Å². The molecular formula is C13H21NOS2. The Kier molecular flexibility index (Phi) is 4.06. The van der Waals surface area contributed by atoms with Gasteiger partial charge in [-0.05, 0) is 43.2 Å². The summed E-state index contributed by atoms with van der Waals surface area (Å²) < 4.78 is 13.6. The second kappa shape index (κ2) is 5.21.